The molecule has 0 saturated carbocycles. The Morgan fingerprint density at radius 3 is 2.47 bits per heavy atom. The first-order chi connectivity index (χ1) is 8.15. The third-order valence-corrected chi connectivity index (χ3v) is 2.72. The second-order valence-electron chi connectivity index (χ2n) is 4.33. The number of rotatable bonds is 4. The fourth-order valence-corrected chi connectivity index (χ4v) is 1.68. The summed E-state index contributed by atoms with van der Waals surface area (Å²) in [6.07, 6.45) is 1.22. The molecule has 2 heteroatoms. The van der Waals surface area contributed by atoms with Gasteiger partial charge in [0.2, 0.25) is 0 Å². The van der Waals surface area contributed by atoms with Gasteiger partial charge >= 0.3 is 0 Å². The van der Waals surface area contributed by atoms with E-state index >= 15 is 0 Å². The van der Waals surface area contributed by atoms with Gasteiger partial charge in [-0.05, 0) is 26.0 Å². The molecule has 0 radical (unpaired) electrons. The van der Waals surface area contributed by atoms with Crippen molar-refractivity contribution in [2.24, 2.45) is 0 Å². The molecule has 0 amide bonds. The second-order valence-corrected chi connectivity index (χ2v) is 4.33. The summed E-state index contributed by atoms with van der Waals surface area (Å²) in [5, 5.41) is 0. The minimum atomic E-state index is 0.193. The molecule has 88 valence electrons. The molecule has 1 aromatic heterocycles. The van der Waals surface area contributed by atoms with Crippen LogP contribution in [0.25, 0.3) is 11.3 Å². The molecule has 1 heterocycles. The fraction of sp³-hybridized carbons (Fsp3) is 0.267. The molecule has 2 nitrogen and oxygen atoms in total. The third kappa shape index (κ3) is 3.06. The number of benzene rings is 1. The minimum absolute atomic E-state index is 0.193. The number of ketones is 1. The highest BCUT2D eigenvalue weighted by atomic mass is 16.3. The number of hydrogen-bond donors (Lipinski definition) is 0. The van der Waals surface area contributed by atoms with Crippen LogP contribution in [0, 0.1) is 6.92 Å². The normalized spacial score (nSPS) is 10.5. The van der Waals surface area contributed by atoms with Crippen LogP contribution in [-0.2, 0) is 11.2 Å². The van der Waals surface area contributed by atoms with Gasteiger partial charge in [0, 0.05) is 18.4 Å². The van der Waals surface area contributed by atoms with Gasteiger partial charge in [0.1, 0.15) is 17.3 Å². The number of aryl methyl sites for hydroxylation is 2. The molecule has 0 N–H and O–H groups in total. The van der Waals surface area contributed by atoms with Gasteiger partial charge in [-0.15, -0.1) is 0 Å². The zero-order valence-corrected chi connectivity index (χ0v) is 10.2. The largest absolute Gasteiger partial charge is 0.461 e. The number of carbonyl (C=O) groups is 1. The lowest BCUT2D eigenvalue weighted by Crippen LogP contribution is -1.91. The van der Waals surface area contributed by atoms with Crippen molar-refractivity contribution in [3.05, 3.63) is 47.7 Å². The van der Waals surface area contributed by atoms with Crippen molar-refractivity contribution in [1.29, 1.82) is 0 Å². The molecule has 0 atom stereocenters. The summed E-state index contributed by atoms with van der Waals surface area (Å²) < 4.78 is 5.71. The van der Waals surface area contributed by atoms with Crippen LogP contribution in [0.15, 0.2) is 40.8 Å². The van der Waals surface area contributed by atoms with Gasteiger partial charge in [0.05, 0.1) is 0 Å². The van der Waals surface area contributed by atoms with Gasteiger partial charge in [-0.1, -0.05) is 29.8 Å². The second kappa shape index (κ2) is 5.00. The lowest BCUT2D eigenvalue weighted by Gasteiger charge is -1.98. The average molecular weight is 228 g/mol. The Morgan fingerprint density at radius 2 is 1.82 bits per heavy atom. The molecule has 1 aromatic carbocycles. The van der Waals surface area contributed by atoms with Crippen LogP contribution in [0.2, 0.25) is 0 Å². The van der Waals surface area contributed by atoms with Crippen molar-refractivity contribution < 1.29 is 9.21 Å². The molecule has 0 fully saturated rings. The summed E-state index contributed by atoms with van der Waals surface area (Å²) in [7, 11) is 0. The smallest absolute Gasteiger partial charge is 0.134 e. The summed E-state index contributed by atoms with van der Waals surface area (Å²) >= 11 is 0. The Kier molecular flexibility index (Phi) is 3.43. The quantitative estimate of drug-likeness (QED) is 0.797. The predicted molar refractivity (Wildman–Crippen MR) is 67.9 cm³/mol. The minimum Gasteiger partial charge on any atom is -0.461 e. The monoisotopic (exact) mass is 228 g/mol. The molecule has 0 aliphatic carbocycles. The SMILES string of the molecule is CC(=O)CCc1ccc(-c2ccc(C)cc2)o1. The number of carbonyl (C=O) groups excluding carboxylic acids is 1. The van der Waals surface area contributed by atoms with Crippen LogP contribution in [-0.4, -0.2) is 5.78 Å². The Balaban J connectivity index is 2.12. The number of hydrogen-bond acceptors (Lipinski definition) is 2. The van der Waals surface area contributed by atoms with Crippen molar-refractivity contribution in [2.75, 3.05) is 0 Å². The molecule has 0 aliphatic heterocycles. The van der Waals surface area contributed by atoms with Crippen LogP contribution < -0.4 is 0 Å². The summed E-state index contributed by atoms with van der Waals surface area (Å²) in [6, 6.07) is 12.1. The molecule has 0 saturated heterocycles. The Bertz CT molecular complexity index is 506. The lowest BCUT2D eigenvalue weighted by molar-refractivity contribution is -0.117. The molecule has 0 bridgehead atoms. The zero-order valence-electron chi connectivity index (χ0n) is 10.2. The van der Waals surface area contributed by atoms with Crippen molar-refractivity contribution in [1.82, 2.24) is 0 Å². The van der Waals surface area contributed by atoms with Gasteiger partial charge < -0.3 is 9.21 Å². The maximum atomic E-state index is 10.9. The van der Waals surface area contributed by atoms with E-state index in [0.717, 1.165) is 17.1 Å². The summed E-state index contributed by atoms with van der Waals surface area (Å²) in [6.45, 7) is 3.66. The van der Waals surface area contributed by atoms with Gasteiger partial charge in [-0.2, -0.15) is 0 Å². The van der Waals surface area contributed by atoms with E-state index in [1.165, 1.54) is 5.56 Å². The van der Waals surface area contributed by atoms with Gasteiger partial charge in [0.15, 0.2) is 0 Å². The summed E-state index contributed by atoms with van der Waals surface area (Å²) in [5.41, 5.74) is 2.31. The van der Waals surface area contributed by atoms with Crippen LogP contribution in [0.3, 0.4) is 0 Å². The van der Waals surface area contributed by atoms with Crippen LogP contribution in [0.5, 0.6) is 0 Å². The van der Waals surface area contributed by atoms with Gasteiger partial charge in [0.25, 0.3) is 0 Å². The lowest BCUT2D eigenvalue weighted by atomic mass is 10.1. The van der Waals surface area contributed by atoms with Gasteiger partial charge in [-0.3, -0.25) is 0 Å². The van der Waals surface area contributed by atoms with Crippen LogP contribution >= 0.6 is 0 Å². The molecule has 2 rings (SSSR count). The number of furan rings is 1. The van der Waals surface area contributed by atoms with Crippen LogP contribution in [0.4, 0.5) is 0 Å². The van der Waals surface area contributed by atoms with E-state index in [4.69, 9.17) is 4.42 Å². The van der Waals surface area contributed by atoms with E-state index in [1.54, 1.807) is 6.92 Å². The first-order valence-electron chi connectivity index (χ1n) is 5.80. The standard InChI is InChI=1S/C15H16O2/c1-11-3-6-13(7-4-11)15-10-9-14(17-15)8-5-12(2)16/h3-4,6-7,9-10H,5,8H2,1-2H3. The van der Waals surface area contributed by atoms with E-state index < -0.39 is 0 Å². The number of Topliss-reactive ketones (excluding diaryl/α,β-unsaturated/α-hetero) is 1. The molecule has 17 heavy (non-hydrogen) atoms. The molecular formula is C15H16O2. The van der Waals surface area contributed by atoms with E-state index in [-0.39, 0.29) is 5.78 Å². The summed E-state index contributed by atoms with van der Waals surface area (Å²) in [4.78, 5) is 10.9. The Hall–Kier alpha value is -1.83. The Morgan fingerprint density at radius 1 is 1.12 bits per heavy atom. The average Bonchev–Trinajstić information content (AvgIpc) is 2.76. The molecule has 2 aromatic rings. The highest BCUT2D eigenvalue weighted by Gasteiger charge is 2.05. The van der Waals surface area contributed by atoms with Crippen molar-refractivity contribution in [3.63, 3.8) is 0 Å². The molecule has 0 unspecified atom stereocenters. The van der Waals surface area contributed by atoms with E-state index in [9.17, 15) is 4.79 Å². The predicted octanol–water partition coefficient (Wildman–Crippen LogP) is 3.78. The highest BCUT2D eigenvalue weighted by molar-refractivity contribution is 5.75. The molecular weight excluding hydrogens is 212 g/mol. The van der Waals surface area contributed by atoms with Crippen molar-refractivity contribution in [2.45, 2.75) is 26.7 Å². The molecule has 0 aliphatic rings. The third-order valence-electron chi connectivity index (χ3n) is 2.72. The van der Waals surface area contributed by atoms with Crippen molar-refractivity contribution >= 4 is 5.78 Å². The van der Waals surface area contributed by atoms with E-state index in [1.807, 2.05) is 24.3 Å². The summed E-state index contributed by atoms with van der Waals surface area (Å²) in [5.74, 6) is 1.93. The molecule has 0 spiro atoms. The van der Waals surface area contributed by atoms with E-state index in [0.29, 0.717) is 12.8 Å². The van der Waals surface area contributed by atoms with Crippen molar-refractivity contribution in [3.8, 4) is 11.3 Å². The zero-order chi connectivity index (χ0) is 12.3. The fourth-order valence-electron chi connectivity index (χ4n) is 1.68. The topological polar surface area (TPSA) is 30.2 Å². The maximum absolute atomic E-state index is 10.9. The van der Waals surface area contributed by atoms with Crippen LogP contribution in [0.1, 0.15) is 24.7 Å². The highest BCUT2D eigenvalue weighted by Crippen LogP contribution is 2.23. The van der Waals surface area contributed by atoms with E-state index in [2.05, 4.69) is 19.1 Å². The first-order valence-corrected chi connectivity index (χ1v) is 5.80. The Labute approximate surface area is 101 Å². The first kappa shape index (κ1) is 11.6. The van der Waals surface area contributed by atoms with Gasteiger partial charge in [-0.25, -0.2) is 0 Å². The maximum Gasteiger partial charge on any atom is 0.134 e.